The van der Waals surface area contributed by atoms with Gasteiger partial charge in [-0.05, 0) is 75.3 Å². The lowest BCUT2D eigenvalue weighted by Crippen LogP contribution is -2.42. The number of rotatable bonds is 6. The van der Waals surface area contributed by atoms with E-state index in [2.05, 4.69) is 9.30 Å². The number of carboxylic acid groups (broad SMARTS) is 1. The van der Waals surface area contributed by atoms with Crippen molar-refractivity contribution >= 4 is 28.8 Å². The Kier molecular flexibility index (Phi) is 7.42. The molecule has 1 saturated carbocycles. The first-order valence-corrected chi connectivity index (χ1v) is 13.0. The number of methoxy groups -OCH3 is 1. The first kappa shape index (κ1) is 26.8. The van der Waals surface area contributed by atoms with Crippen LogP contribution in [0.3, 0.4) is 0 Å². The van der Waals surface area contributed by atoms with Crippen LogP contribution in [0, 0.1) is 11.7 Å². The molecule has 1 aliphatic heterocycles. The Morgan fingerprint density at radius 3 is 2.51 bits per heavy atom. The van der Waals surface area contributed by atoms with Crippen molar-refractivity contribution in [2.75, 3.05) is 12.0 Å². The van der Waals surface area contributed by atoms with Crippen LogP contribution in [-0.4, -0.2) is 46.5 Å². The molecule has 0 spiro atoms. The maximum atomic E-state index is 14.5. The van der Waals surface area contributed by atoms with Gasteiger partial charge < -0.3 is 19.1 Å². The number of aromatic nitrogens is 2. The maximum absolute atomic E-state index is 14.5. The molecule has 0 bridgehead atoms. The molecule has 1 aromatic heterocycles. The number of carboxylic acids is 1. The molecule has 1 atom stereocenters. The van der Waals surface area contributed by atoms with E-state index >= 15 is 0 Å². The molecule has 39 heavy (non-hydrogen) atoms. The quantitative estimate of drug-likeness (QED) is 0.403. The first-order valence-electron chi connectivity index (χ1n) is 13.0. The molecule has 1 unspecified atom stereocenters. The summed E-state index contributed by atoms with van der Waals surface area (Å²) >= 11 is 0. The zero-order valence-corrected chi connectivity index (χ0v) is 21.7. The highest BCUT2D eigenvalue weighted by Gasteiger charge is 2.33. The number of carbonyl (C=O) groups is 2. The monoisotopic (exact) mass is 545 g/mol. The van der Waals surface area contributed by atoms with Crippen LogP contribution in [0.15, 0.2) is 30.3 Å². The molecular weight excluding hydrogens is 515 g/mol. The lowest BCUT2D eigenvalue weighted by molar-refractivity contribution is -0.143. The van der Waals surface area contributed by atoms with Gasteiger partial charge in [-0.2, -0.15) is 8.78 Å². The SMILES string of the molecule is COC(=O)N1c2ccc3c(nc(Cc4ccc(OC(F)F)c(F)c4)n3C3CCC(C(=O)O)CC3)c2CCC1C. The Hall–Kier alpha value is -3.76. The molecule has 8 nitrogen and oxygen atoms in total. The molecule has 1 aliphatic carbocycles. The molecule has 0 radical (unpaired) electrons. The van der Waals surface area contributed by atoms with E-state index in [9.17, 15) is 27.9 Å². The second kappa shape index (κ2) is 10.8. The van der Waals surface area contributed by atoms with Gasteiger partial charge in [0.25, 0.3) is 0 Å². The Bertz CT molecular complexity index is 1400. The summed E-state index contributed by atoms with van der Waals surface area (Å²) in [4.78, 5) is 30.7. The number of aryl methyl sites for hydroxylation is 1. The van der Waals surface area contributed by atoms with Gasteiger partial charge >= 0.3 is 18.7 Å². The number of carbonyl (C=O) groups excluding carboxylic acids is 1. The molecule has 0 saturated heterocycles. The van der Waals surface area contributed by atoms with Crippen LogP contribution < -0.4 is 9.64 Å². The van der Waals surface area contributed by atoms with E-state index in [0.717, 1.165) is 28.7 Å². The van der Waals surface area contributed by atoms with E-state index in [4.69, 9.17) is 9.72 Å². The van der Waals surface area contributed by atoms with Crippen molar-refractivity contribution in [3.05, 3.63) is 53.1 Å². The summed E-state index contributed by atoms with van der Waals surface area (Å²) in [6, 6.07) is 7.63. The van der Waals surface area contributed by atoms with Gasteiger partial charge in [0.15, 0.2) is 11.6 Å². The highest BCUT2D eigenvalue weighted by molar-refractivity contribution is 5.95. The highest BCUT2D eigenvalue weighted by atomic mass is 19.3. The van der Waals surface area contributed by atoms with E-state index in [1.165, 1.54) is 25.3 Å². The Morgan fingerprint density at radius 2 is 1.87 bits per heavy atom. The number of benzene rings is 2. The third kappa shape index (κ3) is 5.14. The van der Waals surface area contributed by atoms with Gasteiger partial charge in [0, 0.05) is 24.1 Å². The molecule has 208 valence electrons. The third-order valence-corrected chi connectivity index (χ3v) is 7.88. The predicted molar refractivity (Wildman–Crippen MR) is 137 cm³/mol. The van der Waals surface area contributed by atoms with Gasteiger partial charge in [-0.15, -0.1) is 0 Å². The van der Waals surface area contributed by atoms with Gasteiger partial charge in [-0.3, -0.25) is 9.69 Å². The van der Waals surface area contributed by atoms with Crippen LogP contribution in [-0.2, 0) is 22.4 Å². The molecular formula is C28H30F3N3O5. The zero-order chi connectivity index (χ0) is 27.8. The number of halogens is 3. The van der Waals surface area contributed by atoms with Crippen molar-refractivity contribution < 1.29 is 37.3 Å². The Labute approximate surface area is 223 Å². The molecule has 2 heterocycles. The van der Waals surface area contributed by atoms with Crippen LogP contribution >= 0.6 is 0 Å². The largest absolute Gasteiger partial charge is 0.481 e. The summed E-state index contributed by atoms with van der Waals surface area (Å²) in [5.74, 6) is -1.95. The summed E-state index contributed by atoms with van der Waals surface area (Å²) in [6.45, 7) is -1.17. The van der Waals surface area contributed by atoms with Crippen LogP contribution in [0.1, 0.15) is 62.0 Å². The number of imidazole rings is 1. The van der Waals surface area contributed by atoms with Gasteiger partial charge in [0.05, 0.1) is 29.7 Å². The van der Waals surface area contributed by atoms with E-state index < -0.39 is 30.2 Å². The number of ether oxygens (including phenoxy) is 2. The molecule has 2 aromatic carbocycles. The fourth-order valence-electron chi connectivity index (χ4n) is 5.96. The zero-order valence-electron chi connectivity index (χ0n) is 21.7. The number of aliphatic carboxylic acids is 1. The van der Waals surface area contributed by atoms with Crippen LogP contribution in [0.5, 0.6) is 5.75 Å². The van der Waals surface area contributed by atoms with Crippen molar-refractivity contribution in [3.8, 4) is 5.75 Å². The number of nitrogens with zero attached hydrogens (tertiary/aromatic N) is 3. The average molecular weight is 546 g/mol. The van der Waals surface area contributed by atoms with Crippen LogP contribution in [0.25, 0.3) is 11.0 Å². The van der Waals surface area contributed by atoms with E-state index in [1.54, 1.807) is 4.90 Å². The minimum atomic E-state index is -3.13. The van der Waals surface area contributed by atoms with Gasteiger partial charge in [0.2, 0.25) is 0 Å². The predicted octanol–water partition coefficient (Wildman–Crippen LogP) is 6.09. The minimum Gasteiger partial charge on any atom is -0.481 e. The number of anilines is 1. The van der Waals surface area contributed by atoms with E-state index in [0.29, 0.717) is 43.5 Å². The first-order chi connectivity index (χ1) is 18.7. The molecule has 3 aromatic rings. The topological polar surface area (TPSA) is 93.9 Å². The minimum absolute atomic E-state index is 0.0100. The Morgan fingerprint density at radius 1 is 1.13 bits per heavy atom. The van der Waals surface area contributed by atoms with Gasteiger partial charge in [0.1, 0.15) is 5.82 Å². The molecule has 2 aliphatic rings. The van der Waals surface area contributed by atoms with Crippen LogP contribution in [0.4, 0.5) is 23.7 Å². The number of fused-ring (bicyclic) bond motifs is 3. The summed E-state index contributed by atoms with van der Waals surface area (Å²) < 4.78 is 51.1. The summed E-state index contributed by atoms with van der Waals surface area (Å²) in [5, 5.41) is 9.47. The number of alkyl halides is 2. The standard InChI is InChI=1S/C28H30F3N3O5/c1-15-3-9-19-21(33(15)28(37)38-2)10-11-22-25(19)32-24(34(22)18-7-5-17(6-8-18)26(35)36)14-16-4-12-23(20(29)13-16)39-27(30)31/h4,10-13,15,17-18,27H,3,5-9,14H2,1-2H3,(H,35,36). The van der Waals surface area contributed by atoms with Crippen LogP contribution in [0.2, 0.25) is 0 Å². The normalized spacial score (nSPS) is 21.2. The third-order valence-electron chi connectivity index (χ3n) is 7.88. The average Bonchev–Trinajstić information content (AvgIpc) is 3.27. The Balaban J connectivity index is 1.58. The fourth-order valence-corrected chi connectivity index (χ4v) is 5.96. The number of hydrogen-bond donors (Lipinski definition) is 1. The van der Waals surface area contributed by atoms with Crippen molar-refractivity contribution in [3.63, 3.8) is 0 Å². The maximum Gasteiger partial charge on any atom is 0.414 e. The fraction of sp³-hybridized carbons (Fsp3) is 0.464. The highest BCUT2D eigenvalue weighted by Crippen LogP contribution is 2.40. The number of hydrogen-bond acceptors (Lipinski definition) is 5. The summed E-state index contributed by atoms with van der Waals surface area (Å²) in [7, 11) is 1.35. The second-order valence-corrected chi connectivity index (χ2v) is 10.2. The number of amides is 1. The lowest BCUT2D eigenvalue weighted by Gasteiger charge is -2.34. The van der Waals surface area contributed by atoms with Crippen molar-refractivity contribution in [1.82, 2.24) is 9.55 Å². The van der Waals surface area contributed by atoms with E-state index in [-0.39, 0.29) is 24.4 Å². The van der Waals surface area contributed by atoms with Crippen molar-refractivity contribution in [2.45, 2.75) is 70.6 Å². The smallest absolute Gasteiger partial charge is 0.414 e. The summed E-state index contributed by atoms with van der Waals surface area (Å²) in [6.07, 6.45) is 3.57. The molecule has 5 rings (SSSR count). The summed E-state index contributed by atoms with van der Waals surface area (Å²) in [5.41, 5.74) is 3.78. The lowest BCUT2D eigenvalue weighted by atomic mass is 9.85. The van der Waals surface area contributed by atoms with Gasteiger partial charge in [-0.25, -0.2) is 14.2 Å². The molecule has 1 fully saturated rings. The van der Waals surface area contributed by atoms with Crippen molar-refractivity contribution in [1.29, 1.82) is 0 Å². The van der Waals surface area contributed by atoms with Gasteiger partial charge in [-0.1, -0.05) is 6.07 Å². The van der Waals surface area contributed by atoms with E-state index in [1.807, 2.05) is 19.1 Å². The second-order valence-electron chi connectivity index (χ2n) is 10.2. The molecule has 1 amide bonds. The molecule has 1 N–H and O–H groups in total. The van der Waals surface area contributed by atoms with Crippen molar-refractivity contribution in [2.24, 2.45) is 5.92 Å². The molecule has 11 heteroatoms.